The molecule has 3 atom stereocenters. The average Bonchev–Trinajstić information content (AvgIpc) is 2.72. The molecule has 5 N–H and O–H groups in total. The molecule has 1 saturated heterocycles. The van der Waals surface area contributed by atoms with E-state index in [1.165, 1.54) is 0 Å². The summed E-state index contributed by atoms with van der Waals surface area (Å²) in [6.07, 6.45) is 4.32. The van der Waals surface area contributed by atoms with Gasteiger partial charge in [-0.25, -0.2) is 0 Å². The van der Waals surface area contributed by atoms with Crippen LogP contribution in [0, 0.1) is 23.2 Å². The fourth-order valence-electron chi connectivity index (χ4n) is 6.74. The van der Waals surface area contributed by atoms with E-state index in [1.54, 1.807) is 0 Å². The van der Waals surface area contributed by atoms with Gasteiger partial charge in [0.15, 0.2) is 0 Å². The summed E-state index contributed by atoms with van der Waals surface area (Å²) >= 11 is 0. The molecule has 1 aromatic rings. The van der Waals surface area contributed by atoms with Crippen LogP contribution < -0.4 is 16.8 Å². The molecule has 4 aliphatic carbocycles. The number of nitrogen functional groups attached to an aromatic ring is 1. The molecule has 4 saturated carbocycles. The number of hydrogen-bond donors (Lipinski definition) is 3. The number of carbonyl (C=O) groups is 2. The summed E-state index contributed by atoms with van der Waals surface area (Å²) in [5.74, 6) is 1.14. The third kappa shape index (κ3) is 3.48. The summed E-state index contributed by atoms with van der Waals surface area (Å²) < 4.78 is 5.83. The molecule has 2 amide bonds. The summed E-state index contributed by atoms with van der Waals surface area (Å²) in [5.41, 5.74) is 13.4. The number of para-hydroxylation sites is 1. The zero-order valence-electron chi connectivity index (χ0n) is 17.4. The molecule has 4 bridgehead atoms. The Kier molecular flexibility index (Phi) is 4.98. The molecule has 0 spiro atoms. The first-order valence-corrected chi connectivity index (χ1v) is 11.2. The second kappa shape index (κ2) is 7.54. The minimum Gasteiger partial charge on any atom is -0.398 e. The number of nitrogens with zero attached hydrogens (tertiary/aromatic N) is 1. The van der Waals surface area contributed by atoms with Crippen molar-refractivity contribution in [2.24, 2.45) is 28.9 Å². The maximum absolute atomic E-state index is 13.1. The Morgan fingerprint density at radius 3 is 2.60 bits per heavy atom. The van der Waals surface area contributed by atoms with Crippen LogP contribution in [0.1, 0.15) is 37.7 Å². The lowest BCUT2D eigenvalue weighted by Gasteiger charge is -2.59. The molecule has 5 aliphatic rings. The Labute approximate surface area is 177 Å². The number of carbonyl (C=O) groups excluding carboxylic acids is 2. The van der Waals surface area contributed by atoms with Gasteiger partial charge in [0.05, 0.1) is 6.61 Å². The maximum atomic E-state index is 13.1. The fourth-order valence-corrected chi connectivity index (χ4v) is 6.74. The normalized spacial score (nSPS) is 37.8. The highest BCUT2D eigenvalue weighted by Crippen LogP contribution is 2.59. The lowest BCUT2D eigenvalue weighted by molar-refractivity contribution is -0.151. The number of nitrogens with two attached hydrogens (primary N) is 2. The topological polar surface area (TPSA) is 111 Å². The minimum atomic E-state index is -0.467. The second-order valence-corrected chi connectivity index (χ2v) is 9.94. The maximum Gasteiger partial charge on any atom is 0.250 e. The SMILES string of the molecule is NC(=O)C12CC3CC(C1)C(NC(=O)C1CN(Cc4ccccc4N)CCO1)C(C3)C2. The van der Waals surface area contributed by atoms with Crippen LogP contribution in [-0.4, -0.2) is 48.6 Å². The van der Waals surface area contributed by atoms with E-state index >= 15 is 0 Å². The molecule has 1 aliphatic heterocycles. The number of nitrogens with one attached hydrogen (secondary N) is 1. The number of benzene rings is 1. The van der Waals surface area contributed by atoms with Gasteiger partial charge >= 0.3 is 0 Å². The number of rotatable bonds is 5. The van der Waals surface area contributed by atoms with Gasteiger partial charge in [-0.15, -0.1) is 0 Å². The summed E-state index contributed by atoms with van der Waals surface area (Å²) in [5, 5.41) is 3.32. The smallest absolute Gasteiger partial charge is 0.250 e. The first kappa shape index (κ1) is 19.8. The first-order valence-electron chi connectivity index (χ1n) is 11.2. The molecule has 5 fully saturated rings. The first-order chi connectivity index (χ1) is 14.4. The van der Waals surface area contributed by atoms with E-state index in [0.717, 1.165) is 56.4 Å². The molecule has 162 valence electrons. The van der Waals surface area contributed by atoms with Crippen LogP contribution in [-0.2, 0) is 20.9 Å². The Morgan fingerprint density at radius 2 is 1.90 bits per heavy atom. The number of amides is 2. The van der Waals surface area contributed by atoms with Gasteiger partial charge in [0.2, 0.25) is 5.91 Å². The van der Waals surface area contributed by atoms with Crippen molar-refractivity contribution in [3.05, 3.63) is 29.8 Å². The van der Waals surface area contributed by atoms with Crippen molar-refractivity contribution < 1.29 is 14.3 Å². The van der Waals surface area contributed by atoms with Gasteiger partial charge in [-0.2, -0.15) is 0 Å². The van der Waals surface area contributed by atoms with E-state index < -0.39 is 6.10 Å². The molecule has 6 rings (SSSR count). The number of ether oxygens (including phenoxy) is 1. The van der Waals surface area contributed by atoms with Crippen molar-refractivity contribution in [1.29, 1.82) is 0 Å². The molecule has 0 radical (unpaired) electrons. The fraction of sp³-hybridized carbons (Fsp3) is 0.652. The van der Waals surface area contributed by atoms with Gasteiger partial charge in [0.25, 0.3) is 5.91 Å². The standard InChI is InChI=1S/C23H32N4O3/c24-18-4-2-1-3-15(18)12-27-5-6-30-19(13-27)21(28)26-20-16-7-14-8-17(20)11-23(9-14,10-16)22(25)29/h1-4,14,16-17,19-20H,5-13,24H2,(H2,25,29)(H,26,28). The Balaban J connectivity index is 1.22. The van der Waals surface area contributed by atoms with Crippen molar-refractivity contribution in [1.82, 2.24) is 10.2 Å². The Bertz CT molecular complexity index is 827. The van der Waals surface area contributed by atoms with E-state index in [1.807, 2.05) is 24.3 Å². The van der Waals surface area contributed by atoms with E-state index in [9.17, 15) is 9.59 Å². The summed E-state index contributed by atoms with van der Waals surface area (Å²) in [7, 11) is 0. The summed E-state index contributed by atoms with van der Waals surface area (Å²) in [4.78, 5) is 27.5. The zero-order valence-corrected chi connectivity index (χ0v) is 17.4. The van der Waals surface area contributed by atoms with Gasteiger partial charge < -0.3 is 21.5 Å². The Hall–Kier alpha value is -2.12. The van der Waals surface area contributed by atoms with Gasteiger partial charge in [-0.05, 0) is 61.5 Å². The van der Waals surface area contributed by atoms with Crippen LogP contribution in [0.5, 0.6) is 0 Å². The number of primary amides is 1. The van der Waals surface area contributed by atoms with Crippen LogP contribution in [0.3, 0.4) is 0 Å². The van der Waals surface area contributed by atoms with E-state index in [2.05, 4.69) is 10.2 Å². The highest BCUT2D eigenvalue weighted by atomic mass is 16.5. The molecule has 7 heteroatoms. The predicted octanol–water partition coefficient (Wildman–Crippen LogP) is 1.27. The monoisotopic (exact) mass is 412 g/mol. The molecule has 30 heavy (non-hydrogen) atoms. The average molecular weight is 413 g/mol. The van der Waals surface area contributed by atoms with Crippen molar-refractivity contribution >= 4 is 17.5 Å². The van der Waals surface area contributed by atoms with Crippen molar-refractivity contribution in [2.45, 2.75) is 50.8 Å². The van der Waals surface area contributed by atoms with Crippen LogP contribution in [0.25, 0.3) is 0 Å². The van der Waals surface area contributed by atoms with E-state index in [4.69, 9.17) is 16.2 Å². The quantitative estimate of drug-likeness (QED) is 0.631. The van der Waals surface area contributed by atoms with E-state index in [0.29, 0.717) is 30.9 Å². The molecule has 3 unspecified atom stereocenters. The third-order valence-electron chi connectivity index (χ3n) is 8.00. The van der Waals surface area contributed by atoms with Crippen molar-refractivity contribution in [3.8, 4) is 0 Å². The molecule has 7 nitrogen and oxygen atoms in total. The van der Waals surface area contributed by atoms with Gasteiger partial charge in [0, 0.05) is 36.8 Å². The third-order valence-corrected chi connectivity index (χ3v) is 8.00. The lowest BCUT2D eigenvalue weighted by Crippen LogP contribution is -2.63. The minimum absolute atomic E-state index is 0.0219. The second-order valence-electron chi connectivity index (χ2n) is 9.94. The highest BCUT2D eigenvalue weighted by Gasteiger charge is 2.58. The summed E-state index contributed by atoms with van der Waals surface area (Å²) in [6, 6.07) is 8.00. The largest absolute Gasteiger partial charge is 0.398 e. The van der Waals surface area contributed by atoms with Crippen molar-refractivity contribution in [3.63, 3.8) is 0 Å². The Morgan fingerprint density at radius 1 is 1.17 bits per heavy atom. The number of morpholine rings is 1. The van der Waals surface area contributed by atoms with Crippen LogP contribution in [0.4, 0.5) is 5.69 Å². The highest BCUT2D eigenvalue weighted by molar-refractivity contribution is 5.83. The van der Waals surface area contributed by atoms with Crippen LogP contribution in [0.15, 0.2) is 24.3 Å². The lowest BCUT2D eigenvalue weighted by atomic mass is 9.47. The molecule has 1 aromatic carbocycles. The zero-order chi connectivity index (χ0) is 20.9. The molecular weight excluding hydrogens is 380 g/mol. The van der Waals surface area contributed by atoms with Crippen molar-refractivity contribution in [2.75, 3.05) is 25.4 Å². The van der Waals surface area contributed by atoms with Gasteiger partial charge in [-0.1, -0.05) is 18.2 Å². The molecule has 1 heterocycles. The van der Waals surface area contributed by atoms with Gasteiger partial charge in [-0.3, -0.25) is 14.5 Å². The molecular formula is C23H32N4O3. The number of hydrogen-bond acceptors (Lipinski definition) is 5. The number of anilines is 1. The van der Waals surface area contributed by atoms with E-state index in [-0.39, 0.29) is 23.3 Å². The van der Waals surface area contributed by atoms with Crippen LogP contribution in [0.2, 0.25) is 0 Å². The predicted molar refractivity (Wildman–Crippen MR) is 113 cm³/mol. The summed E-state index contributed by atoms with van der Waals surface area (Å²) in [6.45, 7) is 2.61. The van der Waals surface area contributed by atoms with Crippen LogP contribution >= 0.6 is 0 Å². The van der Waals surface area contributed by atoms with Gasteiger partial charge in [0.1, 0.15) is 6.10 Å². The molecule has 0 aromatic heterocycles.